The highest BCUT2D eigenvalue weighted by Crippen LogP contribution is 2.20. The Morgan fingerprint density at radius 3 is 2.72 bits per heavy atom. The van der Waals surface area contributed by atoms with E-state index in [0.717, 1.165) is 22.0 Å². The third-order valence-corrected chi connectivity index (χ3v) is 4.06. The van der Waals surface area contributed by atoms with E-state index in [1.807, 2.05) is 18.2 Å². The van der Waals surface area contributed by atoms with Crippen molar-refractivity contribution in [1.29, 1.82) is 0 Å². The molecule has 0 amide bonds. The van der Waals surface area contributed by atoms with Crippen molar-refractivity contribution in [3.8, 4) is 5.69 Å². The SMILES string of the molecule is CS(=O)(=O)c1cnn(-c2ccc(Br)cc2CN)c1. The number of hydrogen-bond donors (Lipinski definition) is 1. The molecule has 2 rings (SSSR count). The first-order valence-corrected chi connectivity index (χ1v) is 7.84. The van der Waals surface area contributed by atoms with E-state index in [0.29, 0.717) is 6.54 Å². The quantitative estimate of drug-likeness (QED) is 0.925. The lowest BCUT2D eigenvalue weighted by molar-refractivity contribution is 0.602. The standard InChI is InChI=1S/C11H12BrN3O2S/c1-18(16,17)10-6-14-15(7-10)11-3-2-9(12)4-8(11)5-13/h2-4,6-7H,5,13H2,1H3. The molecule has 0 aliphatic rings. The van der Waals surface area contributed by atoms with Crippen molar-refractivity contribution in [2.45, 2.75) is 11.4 Å². The molecule has 0 unspecified atom stereocenters. The first-order valence-electron chi connectivity index (χ1n) is 5.15. The van der Waals surface area contributed by atoms with Crippen molar-refractivity contribution in [3.05, 3.63) is 40.6 Å². The largest absolute Gasteiger partial charge is 0.326 e. The Bertz CT molecular complexity index is 679. The van der Waals surface area contributed by atoms with Gasteiger partial charge < -0.3 is 5.73 Å². The van der Waals surface area contributed by atoms with Gasteiger partial charge in [-0.1, -0.05) is 15.9 Å². The smallest absolute Gasteiger partial charge is 0.178 e. The van der Waals surface area contributed by atoms with E-state index in [9.17, 15) is 8.42 Å². The molecule has 0 bridgehead atoms. The van der Waals surface area contributed by atoms with Crippen molar-refractivity contribution in [2.24, 2.45) is 5.73 Å². The molecule has 18 heavy (non-hydrogen) atoms. The van der Waals surface area contributed by atoms with E-state index >= 15 is 0 Å². The maximum atomic E-state index is 11.4. The van der Waals surface area contributed by atoms with Crippen molar-refractivity contribution in [1.82, 2.24) is 9.78 Å². The molecule has 0 spiro atoms. The fraction of sp³-hybridized carbons (Fsp3) is 0.182. The number of aromatic nitrogens is 2. The average Bonchev–Trinajstić information content (AvgIpc) is 2.77. The summed E-state index contributed by atoms with van der Waals surface area (Å²) in [5, 5.41) is 4.06. The Labute approximate surface area is 114 Å². The van der Waals surface area contributed by atoms with Crippen LogP contribution in [0.1, 0.15) is 5.56 Å². The number of sulfone groups is 1. The molecule has 1 aromatic heterocycles. The normalized spacial score (nSPS) is 11.7. The lowest BCUT2D eigenvalue weighted by Gasteiger charge is -2.08. The fourth-order valence-electron chi connectivity index (χ4n) is 1.57. The average molecular weight is 330 g/mol. The summed E-state index contributed by atoms with van der Waals surface area (Å²) in [5.41, 5.74) is 7.32. The van der Waals surface area contributed by atoms with Gasteiger partial charge in [-0.05, 0) is 23.8 Å². The molecule has 2 N–H and O–H groups in total. The zero-order valence-corrected chi connectivity index (χ0v) is 12.1. The highest BCUT2D eigenvalue weighted by molar-refractivity contribution is 9.10. The lowest BCUT2D eigenvalue weighted by Crippen LogP contribution is -2.05. The Balaban J connectivity index is 2.53. The molecular formula is C11H12BrN3O2S. The van der Waals surface area contributed by atoms with Crippen molar-refractivity contribution >= 4 is 25.8 Å². The highest BCUT2D eigenvalue weighted by atomic mass is 79.9. The molecule has 0 fully saturated rings. The van der Waals surface area contributed by atoms with Crippen LogP contribution in [0.4, 0.5) is 0 Å². The molecule has 5 nitrogen and oxygen atoms in total. The monoisotopic (exact) mass is 329 g/mol. The summed E-state index contributed by atoms with van der Waals surface area (Å²) >= 11 is 3.37. The Hall–Kier alpha value is -1.18. The van der Waals surface area contributed by atoms with E-state index in [2.05, 4.69) is 21.0 Å². The van der Waals surface area contributed by atoms with E-state index in [4.69, 9.17) is 5.73 Å². The van der Waals surface area contributed by atoms with Gasteiger partial charge in [0.1, 0.15) is 4.90 Å². The molecule has 0 aliphatic carbocycles. The summed E-state index contributed by atoms with van der Waals surface area (Å²) in [4.78, 5) is 0.188. The molecule has 1 heterocycles. The van der Waals surface area contributed by atoms with Crippen LogP contribution in [0.5, 0.6) is 0 Å². The van der Waals surface area contributed by atoms with Crippen LogP contribution >= 0.6 is 15.9 Å². The summed E-state index contributed by atoms with van der Waals surface area (Å²) in [6, 6.07) is 5.58. The fourth-order valence-corrected chi connectivity index (χ4v) is 2.51. The number of nitrogens with two attached hydrogens (primary N) is 1. The van der Waals surface area contributed by atoms with Gasteiger partial charge in [-0.3, -0.25) is 0 Å². The van der Waals surface area contributed by atoms with Gasteiger partial charge in [0.15, 0.2) is 9.84 Å². The van der Waals surface area contributed by atoms with Crippen molar-refractivity contribution in [3.63, 3.8) is 0 Å². The summed E-state index contributed by atoms with van der Waals surface area (Å²) in [6.07, 6.45) is 3.97. The molecule has 0 saturated carbocycles. The van der Waals surface area contributed by atoms with Crippen LogP contribution in [0, 0.1) is 0 Å². The molecule has 0 radical (unpaired) electrons. The van der Waals surface area contributed by atoms with Gasteiger partial charge in [-0.2, -0.15) is 5.10 Å². The Morgan fingerprint density at radius 2 is 2.17 bits per heavy atom. The summed E-state index contributed by atoms with van der Waals surface area (Å²) in [6.45, 7) is 0.350. The molecule has 0 saturated heterocycles. The van der Waals surface area contributed by atoms with E-state index in [1.54, 1.807) is 0 Å². The zero-order chi connectivity index (χ0) is 13.3. The van der Waals surface area contributed by atoms with Gasteiger partial charge >= 0.3 is 0 Å². The molecular weight excluding hydrogens is 318 g/mol. The number of halogens is 1. The van der Waals surface area contributed by atoms with Crippen LogP contribution < -0.4 is 5.73 Å². The Morgan fingerprint density at radius 1 is 1.44 bits per heavy atom. The molecule has 1 aromatic carbocycles. The number of hydrogen-bond acceptors (Lipinski definition) is 4. The second kappa shape index (κ2) is 4.83. The lowest BCUT2D eigenvalue weighted by atomic mass is 10.2. The van der Waals surface area contributed by atoms with Crippen LogP contribution in [0.2, 0.25) is 0 Å². The van der Waals surface area contributed by atoms with E-state index < -0.39 is 9.84 Å². The summed E-state index contributed by atoms with van der Waals surface area (Å²) in [5.74, 6) is 0. The minimum absolute atomic E-state index is 0.188. The van der Waals surface area contributed by atoms with Gasteiger partial charge in [0, 0.05) is 23.5 Å². The Kier molecular flexibility index (Phi) is 3.56. The van der Waals surface area contributed by atoms with Crippen LogP contribution in [-0.4, -0.2) is 24.5 Å². The summed E-state index contributed by atoms with van der Waals surface area (Å²) in [7, 11) is -3.24. The zero-order valence-electron chi connectivity index (χ0n) is 9.67. The van der Waals surface area contributed by atoms with E-state index in [1.165, 1.54) is 17.1 Å². The van der Waals surface area contributed by atoms with Gasteiger partial charge in [0.25, 0.3) is 0 Å². The maximum absolute atomic E-state index is 11.4. The maximum Gasteiger partial charge on any atom is 0.178 e. The van der Waals surface area contributed by atoms with Crippen LogP contribution in [0.3, 0.4) is 0 Å². The van der Waals surface area contributed by atoms with E-state index in [-0.39, 0.29) is 4.90 Å². The molecule has 0 atom stereocenters. The molecule has 0 aliphatic heterocycles. The minimum Gasteiger partial charge on any atom is -0.326 e. The topological polar surface area (TPSA) is 78.0 Å². The van der Waals surface area contributed by atoms with Gasteiger partial charge in [0.05, 0.1) is 11.9 Å². The number of benzene rings is 1. The number of nitrogens with zero attached hydrogens (tertiary/aromatic N) is 2. The van der Waals surface area contributed by atoms with Gasteiger partial charge in [-0.25, -0.2) is 13.1 Å². The van der Waals surface area contributed by atoms with Crippen molar-refractivity contribution < 1.29 is 8.42 Å². The second-order valence-corrected chi connectivity index (χ2v) is 6.80. The minimum atomic E-state index is -3.24. The van der Waals surface area contributed by atoms with Gasteiger partial charge in [0.2, 0.25) is 0 Å². The van der Waals surface area contributed by atoms with Crippen LogP contribution in [0.25, 0.3) is 5.69 Å². The van der Waals surface area contributed by atoms with Crippen molar-refractivity contribution in [2.75, 3.05) is 6.26 Å². The first kappa shape index (κ1) is 13.3. The third-order valence-electron chi connectivity index (χ3n) is 2.50. The molecule has 7 heteroatoms. The molecule has 2 aromatic rings. The second-order valence-electron chi connectivity index (χ2n) is 3.87. The van der Waals surface area contributed by atoms with Gasteiger partial charge in [-0.15, -0.1) is 0 Å². The van der Waals surface area contributed by atoms with Crippen LogP contribution in [0.15, 0.2) is 40.0 Å². The third kappa shape index (κ3) is 2.63. The first-order chi connectivity index (χ1) is 8.41. The predicted molar refractivity (Wildman–Crippen MR) is 72.3 cm³/mol. The number of rotatable bonds is 3. The summed E-state index contributed by atoms with van der Waals surface area (Å²) < 4.78 is 25.2. The molecule has 96 valence electrons. The highest BCUT2D eigenvalue weighted by Gasteiger charge is 2.12. The van der Waals surface area contributed by atoms with Crippen LogP contribution in [-0.2, 0) is 16.4 Å². The predicted octanol–water partition coefficient (Wildman–Crippen LogP) is 1.50.